The summed E-state index contributed by atoms with van der Waals surface area (Å²) in [6.07, 6.45) is 4.01. The molecule has 0 spiro atoms. The molecule has 0 unspecified atom stereocenters. The molecule has 1 heteroatoms. The summed E-state index contributed by atoms with van der Waals surface area (Å²) in [5, 5.41) is 0. The molecule has 20 heavy (non-hydrogen) atoms. The minimum Gasteiger partial charge on any atom is -0.303 e. The van der Waals surface area contributed by atoms with Crippen LogP contribution in [-0.2, 0) is 0 Å². The van der Waals surface area contributed by atoms with Crippen LogP contribution in [0.4, 0.5) is 0 Å². The van der Waals surface area contributed by atoms with E-state index in [2.05, 4.69) is 56.9 Å². The summed E-state index contributed by atoms with van der Waals surface area (Å²) in [5.74, 6) is 2.25. The monoisotopic (exact) mass is 273 g/mol. The summed E-state index contributed by atoms with van der Waals surface area (Å²) in [4.78, 5) is 2.65. The summed E-state index contributed by atoms with van der Waals surface area (Å²) in [7, 11) is 0. The van der Waals surface area contributed by atoms with Crippen LogP contribution in [0.5, 0.6) is 0 Å². The molecule has 1 aliphatic heterocycles. The van der Waals surface area contributed by atoms with Gasteiger partial charge in [0.2, 0.25) is 0 Å². The summed E-state index contributed by atoms with van der Waals surface area (Å²) in [6, 6.07) is 9.38. The minimum absolute atomic E-state index is 0.641. The van der Waals surface area contributed by atoms with E-state index in [-0.39, 0.29) is 0 Å². The third-order valence-corrected chi connectivity index (χ3v) is 4.68. The number of piperidine rings is 1. The maximum absolute atomic E-state index is 2.65. The number of nitrogens with zero attached hydrogens (tertiary/aromatic N) is 1. The first kappa shape index (κ1) is 15.6. The van der Waals surface area contributed by atoms with Crippen molar-refractivity contribution in [3.05, 3.63) is 35.4 Å². The van der Waals surface area contributed by atoms with Crippen LogP contribution in [0.3, 0.4) is 0 Å². The molecule has 0 radical (unpaired) electrons. The second kappa shape index (κ2) is 7.26. The molecular weight excluding hydrogens is 242 g/mol. The summed E-state index contributed by atoms with van der Waals surface area (Å²) < 4.78 is 0. The molecule has 0 amide bonds. The van der Waals surface area contributed by atoms with Gasteiger partial charge in [-0.2, -0.15) is 0 Å². The second-order valence-electron chi connectivity index (χ2n) is 7.12. The van der Waals surface area contributed by atoms with E-state index in [9.17, 15) is 0 Å². The Hall–Kier alpha value is -0.820. The van der Waals surface area contributed by atoms with E-state index in [0.717, 1.165) is 11.8 Å². The van der Waals surface area contributed by atoms with Gasteiger partial charge in [0, 0.05) is 0 Å². The van der Waals surface area contributed by atoms with Gasteiger partial charge >= 0.3 is 0 Å². The normalized spacial score (nSPS) is 18.1. The molecule has 0 saturated carbocycles. The van der Waals surface area contributed by atoms with E-state index >= 15 is 0 Å². The molecule has 112 valence electrons. The number of hydrogen-bond donors (Lipinski definition) is 0. The molecule has 1 nitrogen and oxygen atoms in total. The van der Waals surface area contributed by atoms with Crippen LogP contribution < -0.4 is 0 Å². The van der Waals surface area contributed by atoms with Crippen molar-refractivity contribution in [2.45, 2.75) is 58.8 Å². The third-order valence-electron chi connectivity index (χ3n) is 4.68. The minimum atomic E-state index is 0.641. The topological polar surface area (TPSA) is 3.24 Å². The highest BCUT2D eigenvalue weighted by molar-refractivity contribution is 5.27. The fourth-order valence-corrected chi connectivity index (χ4v) is 3.08. The number of likely N-dealkylation sites (tertiary alicyclic amines) is 1. The average molecular weight is 273 g/mol. The van der Waals surface area contributed by atoms with E-state index < -0.39 is 0 Å². The molecule has 0 N–H and O–H groups in total. The van der Waals surface area contributed by atoms with Crippen molar-refractivity contribution < 1.29 is 0 Å². The van der Waals surface area contributed by atoms with Crippen LogP contribution in [-0.4, -0.2) is 24.5 Å². The van der Waals surface area contributed by atoms with Gasteiger partial charge in [0.15, 0.2) is 0 Å². The molecule has 0 bridgehead atoms. The summed E-state index contributed by atoms with van der Waals surface area (Å²) in [5.41, 5.74) is 3.01. The van der Waals surface area contributed by atoms with Gasteiger partial charge in [-0.05, 0) is 67.8 Å². The smallest absolute Gasteiger partial charge is 0.00129 e. The predicted molar refractivity (Wildman–Crippen MR) is 88.4 cm³/mol. The van der Waals surface area contributed by atoms with E-state index in [1.54, 1.807) is 5.56 Å². The molecule has 0 aliphatic carbocycles. The van der Waals surface area contributed by atoms with Gasteiger partial charge in [-0.3, -0.25) is 0 Å². The predicted octanol–water partition coefficient (Wildman–Crippen LogP) is 5.04. The molecule has 1 saturated heterocycles. The van der Waals surface area contributed by atoms with E-state index in [1.165, 1.54) is 44.5 Å². The zero-order valence-electron chi connectivity index (χ0n) is 13.7. The van der Waals surface area contributed by atoms with Crippen LogP contribution >= 0.6 is 0 Å². The maximum atomic E-state index is 2.65. The number of benzene rings is 1. The molecule has 0 atom stereocenters. The fourth-order valence-electron chi connectivity index (χ4n) is 3.08. The van der Waals surface area contributed by atoms with E-state index in [4.69, 9.17) is 0 Å². The molecule has 2 rings (SSSR count). The second-order valence-corrected chi connectivity index (χ2v) is 7.12. The first-order valence-electron chi connectivity index (χ1n) is 8.38. The molecule has 1 aromatic carbocycles. The van der Waals surface area contributed by atoms with Gasteiger partial charge in [0.05, 0.1) is 0 Å². The van der Waals surface area contributed by atoms with Crippen molar-refractivity contribution in [3.8, 4) is 0 Å². The average Bonchev–Trinajstić information content (AvgIpc) is 2.46. The van der Waals surface area contributed by atoms with Gasteiger partial charge in [-0.15, -0.1) is 0 Å². The first-order valence-corrected chi connectivity index (χ1v) is 8.38. The van der Waals surface area contributed by atoms with Crippen molar-refractivity contribution in [3.63, 3.8) is 0 Å². The quantitative estimate of drug-likeness (QED) is 0.727. The van der Waals surface area contributed by atoms with Crippen molar-refractivity contribution in [1.82, 2.24) is 4.90 Å². The lowest BCUT2D eigenvalue weighted by Crippen LogP contribution is -2.34. The lowest BCUT2D eigenvalue weighted by molar-refractivity contribution is 0.202. The SMILES string of the molecule is CC(C)CCN1CCC(c2ccc(C(C)C)cc2)CC1. The standard InChI is InChI=1S/C19H31N/c1-15(2)9-12-20-13-10-19(11-14-20)18-7-5-17(6-8-18)16(3)4/h5-8,15-16,19H,9-14H2,1-4H3. The molecule has 1 fully saturated rings. The van der Waals surface area contributed by atoms with E-state index in [0.29, 0.717) is 5.92 Å². The molecule has 0 aromatic heterocycles. The van der Waals surface area contributed by atoms with Crippen LogP contribution in [0.1, 0.15) is 69.9 Å². The Kier molecular flexibility index (Phi) is 5.65. The van der Waals surface area contributed by atoms with Gasteiger partial charge in [0.1, 0.15) is 0 Å². The Morgan fingerprint density at radius 2 is 1.60 bits per heavy atom. The van der Waals surface area contributed by atoms with Crippen molar-refractivity contribution in [2.24, 2.45) is 5.92 Å². The van der Waals surface area contributed by atoms with E-state index in [1.807, 2.05) is 0 Å². The summed E-state index contributed by atoms with van der Waals surface area (Å²) >= 11 is 0. The molecule has 1 aliphatic rings. The Morgan fingerprint density at radius 3 is 2.10 bits per heavy atom. The maximum Gasteiger partial charge on any atom is -0.00129 e. The Labute approximate surface area is 125 Å². The molecule has 1 aromatic rings. The van der Waals surface area contributed by atoms with Gasteiger partial charge < -0.3 is 4.90 Å². The van der Waals surface area contributed by atoms with Crippen LogP contribution in [0.15, 0.2) is 24.3 Å². The lowest BCUT2D eigenvalue weighted by atomic mass is 9.88. The van der Waals surface area contributed by atoms with Crippen molar-refractivity contribution >= 4 is 0 Å². The Balaban J connectivity index is 1.84. The zero-order chi connectivity index (χ0) is 14.5. The highest BCUT2D eigenvalue weighted by Crippen LogP contribution is 2.29. The van der Waals surface area contributed by atoms with Crippen LogP contribution in [0.2, 0.25) is 0 Å². The third kappa shape index (κ3) is 4.34. The molecular formula is C19H31N. The van der Waals surface area contributed by atoms with Crippen LogP contribution in [0, 0.1) is 5.92 Å². The van der Waals surface area contributed by atoms with Gasteiger partial charge in [-0.1, -0.05) is 52.0 Å². The van der Waals surface area contributed by atoms with Crippen LogP contribution in [0.25, 0.3) is 0 Å². The number of rotatable bonds is 5. The highest BCUT2D eigenvalue weighted by atomic mass is 15.1. The lowest BCUT2D eigenvalue weighted by Gasteiger charge is -2.32. The van der Waals surface area contributed by atoms with Gasteiger partial charge in [0.25, 0.3) is 0 Å². The van der Waals surface area contributed by atoms with Crippen molar-refractivity contribution in [2.75, 3.05) is 19.6 Å². The summed E-state index contributed by atoms with van der Waals surface area (Å²) in [6.45, 7) is 13.0. The zero-order valence-corrected chi connectivity index (χ0v) is 13.7. The Morgan fingerprint density at radius 1 is 1.00 bits per heavy atom. The fraction of sp³-hybridized carbons (Fsp3) is 0.684. The number of hydrogen-bond acceptors (Lipinski definition) is 1. The van der Waals surface area contributed by atoms with Gasteiger partial charge in [-0.25, -0.2) is 0 Å². The van der Waals surface area contributed by atoms with Crippen molar-refractivity contribution in [1.29, 1.82) is 0 Å². The highest BCUT2D eigenvalue weighted by Gasteiger charge is 2.20. The first-order chi connectivity index (χ1) is 9.56. The Bertz CT molecular complexity index is 383. The molecule has 1 heterocycles. The largest absolute Gasteiger partial charge is 0.303 e.